The maximum atomic E-state index is 14.0. The zero-order chi connectivity index (χ0) is 18.3. The summed E-state index contributed by atoms with van der Waals surface area (Å²) in [5.74, 6) is -0.515. The van der Waals surface area contributed by atoms with E-state index in [-0.39, 0.29) is 17.6 Å². The molecular weight excluding hydrogens is 357 g/mol. The fourth-order valence-corrected chi connectivity index (χ4v) is 3.20. The second kappa shape index (κ2) is 6.31. The van der Waals surface area contributed by atoms with Crippen LogP contribution in [0.15, 0.2) is 70.4 Å². The van der Waals surface area contributed by atoms with Crippen LogP contribution in [0, 0.1) is 5.82 Å². The minimum absolute atomic E-state index is 0.113. The Hall–Kier alpha value is -3.12. The predicted octanol–water partition coefficient (Wildman–Crippen LogP) is 3.32. The lowest BCUT2D eigenvalue weighted by Gasteiger charge is -2.13. The molecule has 0 amide bonds. The number of hydrogen-bond acceptors (Lipinski definition) is 2. The number of H-pyrrole nitrogens is 1. The van der Waals surface area contributed by atoms with Gasteiger partial charge in [0, 0.05) is 28.7 Å². The number of aromatic nitrogens is 3. The molecule has 7 heteroatoms. The standard InChI is InChI=1S/C19H13ClFN3O2/c20-13-3-1-4-14(10-13)23-8-7-18(26)24(23)11-12-9-17(25)22-19-15(12)5-2-6-16(19)21/h1-10H,11H2,(H,22,25). The van der Waals surface area contributed by atoms with Crippen LogP contribution in [0.25, 0.3) is 16.6 Å². The van der Waals surface area contributed by atoms with E-state index < -0.39 is 11.4 Å². The number of rotatable bonds is 3. The van der Waals surface area contributed by atoms with Crippen molar-refractivity contribution in [3.05, 3.63) is 97.9 Å². The summed E-state index contributed by atoms with van der Waals surface area (Å²) in [6.45, 7) is 0.113. The third kappa shape index (κ3) is 2.84. The third-order valence-corrected chi connectivity index (χ3v) is 4.41. The molecule has 130 valence electrons. The Morgan fingerprint density at radius 2 is 1.85 bits per heavy atom. The molecule has 0 aliphatic carbocycles. The molecule has 26 heavy (non-hydrogen) atoms. The first-order valence-electron chi connectivity index (χ1n) is 7.88. The first-order valence-corrected chi connectivity index (χ1v) is 8.25. The van der Waals surface area contributed by atoms with Crippen LogP contribution in [-0.2, 0) is 6.54 Å². The monoisotopic (exact) mass is 369 g/mol. The van der Waals surface area contributed by atoms with Crippen LogP contribution in [0.4, 0.5) is 4.39 Å². The summed E-state index contributed by atoms with van der Waals surface area (Å²) in [6.07, 6.45) is 1.63. The van der Waals surface area contributed by atoms with Crippen molar-refractivity contribution < 1.29 is 4.39 Å². The highest BCUT2D eigenvalue weighted by Gasteiger charge is 2.12. The molecule has 0 spiro atoms. The van der Waals surface area contributed by atoms with E-state index in [4.69, 9.17) is 11.6 Å². The molecule has 5 nitrogen and oxygen atoms in total. The first-order chi connectivity index (χ1) is 12.5. The van der Waals surface area contributed by atoms with Crippen molar-refractivity contribution in [3.8, 4) is 5.69 Å². The normalized spacial score (nSPS) is 11.2. The largest absolute Gasteiger partial charge is 0.319 e. The summed E-state index contributed by atoms with van der Waals surface area (Å²) in [6, 6.07) is 14.4. The molecule has 2 heterocycles. The summed E-state index contributed by atoms with van der Waals surface area (Å²) in [5.41, 5.74) is 0.720. The van der Waals surface area contributed by atoms with Crippen molar-refractivity contribution in [1.29, 1.82) is 0 Å². The first kappa shape index (κ1) is 16.4. The Balaban J connectivity index is 1.89. The Kier molecular flexibility index (Phi) is 3.97. The Labute approximate surface area is 151 Å². The van der Waals surface area contributed by atoms with Gasteiger partial charge in [0.1, 0.15) is 5.82 Å². The highest BCUT2D eigenvalue weighted by molar-refractivity contribution is 6.30. The summed E-state index contributed by atoms with van der Waals surface area (Å²) in [7, 11) is 0. The molecule has 0 aliphatic rings. The van der Waals surface area contributed by atoms with Gasteiger partial charge in [-0.2, -0.15) is 0 Å². The van der Waals surface area contributed by atoms with Crippen LogP contribution >= 0.6 is 11.6 Å². The molecule has 0 saturated heterocycles. The van der Waals surface area contributed by atoms with Gasteiger partial charge < -0.3 is 4.98 Å². The fourth-order valence-electron chi connectivity index (χ4n) is 3.01. The van der Waals surface area contributed by atoms with E-state index in [0.29, 0.717) is 21.7 Å². The van der Waals surface area contributed by atoms with Crippen LogP contribution in [0.5, 0.6) is 0 Å². The topological polar surface area (TPSA) is 59.8 Å². The number of nitrogens with zero attached hydrogens (tertiary/aromatic N) is 2. The SMILES string of the molecule is O=c1cc(Cn2c(=O)ccn2-c2cccc(Cl)c2)c2cccc(F)c2[nH]1. The maximum absolute atomic E-state index is 14.0. The molecule has 2 aromatic carbocycles. The number of hydrogen-bond donors (Lipinski definition) is 1. The van der Waals surface area contributed by atoms with E-state index in [1.165, 1.54) is 22.9 Å². The lowest BCUT2D eigenvalue weighted by molar-refractivity contribution is 0.587. The minimum atomic E-state index is -0.515. The summed E-state index contributed by atoms with van der Waals surface area (Å²) >= 11 is 6.04. The second-order valence-electron chi connectivity index (χ2n) is 5.86. The molecule has 0 unspecified atom stereocenters. The molecule has 0 atom stereocenters. The number of nitrogens with one attached hydrogen (secondary N) is 1. The lowest BCUT2D eigenvalue weighted by atomic mass is 10.1. The number of para-hydroxylation sites is 1. The summed E-state index contributed by atoms with van der Waals surface area (Å²) in [4.78, 5) is 26.8. The molecule has 0 aliphatic heterocycles. The van der Waals surface area contributed by atoms with Crippen LogP contribution in [0.2, 0.25) is 5.02 Å². The third-order valence-electron chi connectivity index (χ3n) is 4.18. The smallest absolute Gasteiger partial charge is 0.267 e. The van der Waals surface area contributed by atoms with E-state index in [2.05, 4.69) is 4.98 Å². The highest BCUT2D eigenvalue weighted by atomic mass is 35.5. The number of benzene rings is 2. The number of halogens is 2. The molecule has 0 radical (unpaired) electrons. The van der Waals surface area contributed by atoms with Crippen LogP contribution in [-0.4, -0.2) is 14.3 Å². The van der Waals surface area contributed by atoms with Crippen LogP contribution < -0.4 is 11.1 Å². The van der Waals surface area contributed by atoms with Gasteiger partial charge in [-0.3, -0.25) is 14.3 Å². The van der Waals surface area contributed by atoms with E-state index in [9.17, 15) is 14.0 Å². The molecule has 4 aromatic rings. The van der Waals surface area contributed by atoms with Gasteiger partial charge in [0.2, 0.25) is 5.56 Å². The van der Waals surface area contributed by atoms with Gasteiger partial charge in [0.15, 0.2) is 0 Å². The Bertz CT molecular complexity index is 1240. The van der Waals surface area contributed by atoms with Gasteiger partial charge in [-0.25, -0.2) is 9.07 Å². The van der Waals surface area contributed by atoms with Crippen molar-refractivity contribution in [2.45, 2.75) is 6.54 Å². The number of pyridine rings is 1. The van der Waals surface area contributed by atoms with E-state index >= 15 is 0 Å². The molecular formula is C19H13ClFN3O2. The van der Waals surface area contributed by atoms with E-state index in [1.54, 1.807) is 41.2 Å². The van der Waals surface area contributed by atoms with Crippen molar-refractivity contribution in [2.75, 3.05) is 0 Å². The van der Waals surface area contributed by atoms with E-state index in [0.717, 1.165) is 0 Å². The Morgan fingerprint density at radius 1 is 1.04 bits per heavy atom. The van der Waals surface area contributed by atoms with Gasteiger partial charge >= 0.3 is 0 Å². The summed E-state index contributed by atoms with van der Waals surface area (Å²) in [5, 5.41) is 1.09. The number of fused-ring (bicyclic) bond motifs is 1. The quantitative estimate of drug-likeness (QED) is 0.602. The predicted molar refractivity (Wildman–Crippen MR) is 98.7 cm³/mol. The van der Waals surface area contributed by atoms with Crippen molar-refractivity contribution >= 4 is 22.5 Å². The zero-order valence-electron chi connectivity index (χ0n) is 13.4. The van der Waals surface area contributed by atoms with Gasteiger partial charge in [0.05, 0.1) is 17.7 Å². The Morgan fingerprint density at radius 3 is 2.65 bits per heavy atom. The zero-order valence-corrected chi connectivity index (χ0v) is 14.2. The number of aromatic amines is 1. The van der Waals surface area contributed by atoms with Crippen molar-refractivity contribution in [1.82, 2.24) is 14.3 Å². The maximum Gasteiger partial charge on any atom is 0.267 e. The van der Waals surface area contributed by atoms with Gasteiger partial charge in [-0.1, -0.05) is 29.8 Å². The van der Waals surface area contributed by atoms with Gasteiger partial charge in [0.25, 0.3) is 5.56 Å². The summed E-state index contributed by atoms with van der Waals surface area (Å²) < 4.78 is 17.2. The fraction of sp³-hybridized carbons (Fsp3) is 0.0526. The van der Waals surface area contributed by atoms with Gasteiger partial charge in [-0.15, -0.1) is 0 Å². The van der Waals surface area contributed by atoms with Gasteiger partial charge in [-0.05, 0) is 29.8 Å². The minimum Gasteiger partial charge on any atom is -0.319 e. The second-order valence-corrected chi connectivity index (χ2v) is 6.29. The average molecular weight is 370 g/mol. The van der Waals surface area contributed by atoms with Crippen molar-refractivity contribution in [3.63, 3.8) is 0 Å². The highest BCUT2D eigenvalue weighted by Crippen LogP contribution is 2.19. The molecule has 2 aromatic heterocycles. The molecule has 4 rings (SSSR count). The van der Waals surface area contributed by atoms with E-state index in [1.807, 2.05) is 6.07 Å². The lowest BCUT2D eigenvalue weighted by Crippen LogP contribution is -2.23. The van der Waals surface area contributed by atoms with Crippen LogP contribution in [0.3, 0.4) is 0 Å². The van der Waals surface area contributed by atoms with Crippen LogP contribution in [0.1, 0.15) is 5.56 Å². The van der Waals surface area contributed by atoms with Crippen molar-refractivity contribution in [2.24, 2.45) is 0 Å². The molecule has 0 saturated carbocycles. The molecule has 1 N–H and O–H groups in total. The molecule has 0 bridgehead atoms. The average Bonchev–Trinajstić information content (AvgIpc) is 2.97. The molecule has 0 fully saturated rings.